The molecule has 0 aliphatic heterocycles. The fourth-order valence-electron chi connectivity index (χ4n) is 1.19. The van der Waals surface area contributed by atoms with Gasteiger partial charge >= 0.3 is 5.97 Å². The summed E-state index contributed by atoms with van der Waals surface area (Å²) in [7, 11) is 1.35. The third-order valence-electron chi connectivity index (χ3n) is 2.42. The Labute approximate surface area is 103 Å². The fourth-order valence-corrected chi connectivity index (χ4v) is 1.44. The van der Waals surface area contributed by atoms with Gasteiger partial charge in [-0.15, -0.1) is 0 Å². The van der Waals surface area contributed by atoms with E-state index in [-0.39, 0.29) is 10.6 Å². The number of hydrogen-bond donors (Lipinski definition) is 1. The van der Waals surface area contributed by atoms with Crippen molar-refractivity contribution in [3.63, 3.8) is 0 Å². The molecule has 1 unspecified atom stereocenters. The summed E-state index contributed by atoms with van der Waals surface area (Å²) in [5.41, 5.74) is 0.0728. The Morgan fingerprint density at radius 3 is 2.53 bits per heavy atom. The van der Waals surface area contributed by atoms with Crippen LogP contribution in [0.25, 0.3) is 0 Å². The fraction of sp³-hybridized carbons (Fsp3) is 0.273. The monoisotopic (exact) mass is 259 g/mol. The number of carboxylic acids is 1. The Bertz CT molecular complexity index is 464. The van der Waals surface area contributed by atoms with Crippen LogP contribution in [0.3, 0.4) is 0 Å². The van der Waals surface area contributed by atoms with Crippen molar-refractivity contribution in [2.75, 3.05) is 7.05 Å². The third kappa shape index (κ3) is 2.94. The minimum Gasteiger partial charge on any atom is -0.480 e. The van der Waals surface area contributed by atoms with E-state index in [1.807, 2.05) is 0 Å². The van der Waals surface area contributed by atoms with E-state index in [0.717, 1.165) is 17.0 Å². The molecule has 0 aliphatic rings. The van der Waals surface area contributed by atoms with Crippen molar-refractivity contribution in [3.05, 3.63) is 34.6 Å². The Balaban J connectivity index is 3.00. The van der Waals surface area contributed by atoms with Gasteiger partial charge in [0.05, 0.1) is 10.6 Å². The highest BCUT2D eigenvalue weighted by Gasteiger charge is 2.24. The van der Waals surface area contributed by atoms with Crippen molar-refractivity contribution in [3.8, 4) is 0 Å². The number of hydrogen-bond acceptors (Lipinski definition) is 2. The first-order chi connectivity index (χ1) is 7.84. The smallest absolute Gasteiger partial charge is 0.326 e. The second kappa shape index (κ2) is 5.14. The number of halogens is 2. The summed E-state index contributed by atoms with van der Waals surface area (Å²) < 4.78 is 12.8. The molecule has 1 N–H and O–H groups in total. The van der Waals surface area contributed by atoms with Crippen LogP contribution in [0.15, 0.2) is 18.2 Å². The number of aliphatic carboxylic acids is 1. The van der Waals surface area contributed by atoms with Crippen molar-refractivity contribution >= 4 is 23.5 Å². The number of likely N-dealkylation sites (N-methyl/N-ethyl adjacent to an activating group) is 1. The molecule has 0 aromatic heterocycles. The minimum absolute atomic E-state index is 0.0422. The molecule has 0 radical (unpaired) electrons. The highest BCUT2D eigenvalue weighted by atomic mass is 35.5. The molecule has 1 amide bonds. The quantitative estimate of drug-likeness (QED) is 0.904. The summed E-state index contributed by atoms with van der Waals surface area (Å²) in [4.78, 5) is 23.6. The van der Waals surface area contributed by atoms with Crippen molar-refractivity contribution < 1.29 is 19.1 Å². The summed E-state index contributed by atoms with van der Waals surface area (Å²) in [5.74, 6) is -2.25. The minimum atomic E-state index is -1.13. The van der Waals surface area contributed by atoms with Gasteiger partial charge in [-0.2, -0.15) is 0 Å². The summed E-state index contributed by atoms with van der Waals surface area (Å²) in [6, 6.07) is 2.35. The maximum absolute atomic E-state index is 12.8. The predicted octanol–water partition coefficient (Wildman–Crippen LogP) is 2.02. The number of rotatable bonds is 3. The zero-order chi connectivity index (χ0) is 13.2. The molecule has 0 saturated carbocycles. The molecule has 4 nitrogen and oxygen atoms in total. The van der Waals surface area contributed by atoms with Gasteiger partial charge in [0, 0.05) is 7.05 Å². The maximum atomic E-state index is 12.8. The van der Waals surface area contributed by atoms with E-state index in [1.54, 1.807) is 0 Å². The zero-order valence-corrected chi connectivity index (χ0v) is 10.0. The van der Waals surface area contributed by atoms with Gasteiger partial charge in [0.2, 0.25) is 0 Å². The number of carboxylic acid groups (broad SMARTS) is 1. The Morgan fingerprint density at radius 1 is 1.47 bits per heavy atom. The van der Waals surface area contributed by atoms with E-state index >= 15 is 0 Å². The van der Waals surface area contributed by atoms with Gasteiger partial charge in [-0.3, -0.25) is 4.79 Å². The van der Waals surface area contributed by atoms with Gasteiger partial charge in [-0.05, 0) is 25.1 Å². The lowest BCUT2D eigenvalue weighted by Crippen LogP contribution is -2.40. The Kier molecular flexibility index (Phi) is 4.07. The molecule has 0 heterocycles. The van der Waals surface area contributed by atoms with E-state index < -0.39 is 23.7 Å². The lowest BCUT2D eigenvalue weighted by atomic mass is 10.1. The van der Waals surface area contributed by atoms with Crippen molar-refractivity contribution in [2.45, 2.75) is 13.0 Å². The molecule has 1 rings (SSSR count). The van der Waals surface area contributed by atoms with Crippen molar-refractivity contribution in [2.24, 2.45) is 0 Å². The van der Waals surface area contributed by atoms with Gasteiger partial charge in [-0.1, -0.05) is 11.6 Å². The van der Waals surface area contributed by atoms with Crippen LogP contribution in [0, 0.1) is 5.82 Å². The lowest BCUT2D eigenvalue weighted by Gasteiger charge is -2.21. The molecule has 0 fully saturated rings. The molecule has 1 atom stereocenters. The van der Waals surface area contributed by atoms with E-state index in [1.165, 1.54) is 20.0 Å². The summed E-state index contributed by atoms with van der Waals surface area (Å²) >= 11 is 5.72. The van der Waals surface area contributed by atoms with Gasteiger partial charge in [-0.25, -0.2) is 9.18 Å². The first-order valence-corrected chi connectivity index (χ1v) is 5.17. The van der Waals surface area contributed by atoms with Crippen LogP contribution in [0.4, 0.5) is 4.39 Å². The molecule has 6 heteroatoms. The van der Waals surface area contributed by atoms with Gasteiger partial charge < -0.3 is 10.0 Å². The van der Waals surface area contributed by atoms with Crippen molar-refractivity contribution in [1.29, 1.82) is 0 Å². The second-order valence-corrected chi connectivity index (χ2v) is 3.96. The first-order valence-electron chi connectivity index (χ1n) is 4.79. The average Bonchev–Trinajstić information content (AvgIpc) is 2.26. The molecule has 17 heavy (non-hydrogen) atoms. The molecular formula is C11H11ClFNO3. The largest absolute Gasteiger partial charge is 0.480 e. The molecule has 0 spiro atoms. The molecule has 92 valence electrons. The SMILES string of the molecule is CC(C(=O)O)N(C)C(=O)c1ccc(F)cc1Cl. The first kappa shape index (κ1) is 13.4. The molecular weight excluding hydrogens is 249 g/mol. The molecule has 0 bridgehead atoms. The van der Waals surface area contributed by atoms with Crippen LogP contribution < -0.4 is 0 Å². The summed E-state index contributed by atoms with van der Waals surface area (Å²) in [6.07, 6.45) is 0. The van der Waals surface area contributed by atoms with Gasteiger partial charge in [0.15, 0.2) is 0 Å². The molecule has 0 aliphatic carbocycles. The van der Waals surface area contributed by atoms with Crippen LogP contribution in [-0.2, 0) is 4.79 Å². The average molecular weight is 260 g/mol. The molecule has 1 aromatic rings. The normalized spacial score (nSPS) is 12.0. The topological polar surface area (TPSA) is 57.6 Å². The van der Waals surface area contributed by atoms with E-state index in [9.17, 15) is 14.0 Å². The standard InChI is InChI=1S/C11H11ClFNO3/c1-6(11(16)17)14(2)10(15)8-4-3-7(13)5-9(8)12/h3-6H,1-2H3,(H,16,17). The summed E-state index contributed by atoms with van der Waals surface area (Å²) in [6.45, 7) is 1.37. The van der Waals surface area contributed by atoms with Crippen LogP contribution in [0.1, 0.15) is 17.3 Å². The number of nitrogens with zero attached hydrogens (tertiary/aromatic N) is 1. The van der Waals surface area contributed by atoms with E-state index in [4.69, 9.17) is 16.7 Å². The van der Waals surface area contributed by atoms with Gasteiger partial charge in [0.1, 0.15) is 11.9 Å². The van der Waals surface area contributed by atoms with Crippen LogP contribution in [0.2, 0.25) is 5.02 Å². The number of carbonyl (C=O) groups is 2. The van der Waals surface area contributed by atoms with Crippen LogP contribution >= 0.6 is 11.6 Å². The number of amides is 1. The molecule has 1 aromatic carbocycles. The van der Waals surface area contributed by atoms with Crippen LogP contribution in [-0.4, -0.2) is 35.0 Å². The maximum Gasteiger partial charge on any atom is 0.326 e. The van der Waals surface area contributed by atoms with Crippen LogP contribution in [0.5, 0.6) is 0 Å². The van der Waals surface area contributed by atoms with Gasteiger partial charge in [0.25, 0.3) is 5.91 Å². The number of benzene rings is 1. The zero-order valence-electron chi connectivity index (χ0n) is 9.28. The highest BCUT2D eigenvalue weighted by Crippen LogP contribution is 2.19. The Morgan fingerprint density at radius 2 is 2.06 bits per heavy atom. The third-order valence-corrected chi connectivity index (χ3v) is 2.73. The Hall–Kier alpha value is -1.62. The number of carbonyl (C=O) groups excluding carboxylic acids is 1. The summed E-state index contributed by atoms with van der Waals surface area (Å²) in [5, 5.41) is 8.73. The predicted molar refractivity (Wildman–Crippen MR) is 60.6 cm³/mol. The lowest BCUT2D eigenvalue weighted by molar-refractivity contribution is -0.141. The molecule has 0 saturated heterocycles. The van der Waals surface area contributed by atoms with Crippen molar-refractivity contribution in [1.82, 2.24) is 4.90 Å². The second-order valence-electron chi connectivity index (χ2n) is 3.55. The van der Waals surface area contributed by atoms with E-state index in [2.05, 4.69) is 0 Å². The highest BCUT2D eigenvalue weighted by molar-refractivity contribution is 6.33. The van der Waals surface area contributed by atoms with E-state index in [0.29, 0.717) is 0 Å².